The van der Waals surface area contributed by atoms with E-state index in [1.165, 1.54) is 0 Å². The third-order valence-electron chi connectivity index (χ3n) is 6.17. The molecule has 0 saturated carbocycles. The number of aryl methyl sites for hydroxylation is 3. The van der Waals surface area contributed by atoms with Crippen molar-refractivity contribution in [3.63, 3.8) is 0 Å². The molecule has 2 unspecified atom stereocenters. The van der Waals surface area contributed by atoms with Gasteiger partial charge in [0, 0.05) is 44.8 Å². The predicted octanol–water partition coefficient (Wildman–Crippen LogP) is 2.31. The molecule has 4 rings (SSSR count). The van der Waals surface area contributed by atoms with Gasteiger partial charge in [-0.25, -0.2) is 9.67 Å². The highest BCUT2D eigenvalue weighted by molar-refractivity contribution is 5.77. The fourth-order valence-corrected chi connectivity index (χ4v) is 4.45. The first kappa shape index (κ1) is 20.4. The van der Waals surface area contributed by atoms with E-state index in [0.717, 1.165) is 23.6 Å². The highest BCUT2D eigenvalue weighted by Gasteiger charge is 2.43. The van der Waals surface area contributed by atoms with Crippen LogP contribution in [0.2, 0.25) is 0 Å². The number of amides is 2. The Balaban J connectivity index is 1.49. The first-order valence-electron chi connectivity index (χ1n) is 10.5. The molecule has 1 saturated heterocycles. The van der Waals surface area contributed by atoms with Gasteiger partial charge < -0.3 is 15.0 Å². The molecule has 8 nitrogen and oxygen atoms in total. The van der Waals surface area contributed by atoms with Crippen LogP contribution in [0.4, 0.5) is 0 Å². The number of hydrogen-bond donors (Lipinski definition) is 1. The van der Waals surface area contributed by atoms with Gasteiger partial charge in [0.05, 0.1) is 12.6 Å². The van der Waals surface area contributed by atoms with Gasteiger partial charge >= 0.3 is 0 Å². The van der Waals surface area contributed by atoms with Gasteiger partial charge in [0.25, 0.3) is 0 Å². The Bertz CT molecular complexity index is 956. The van der Waals surface area contributed by atoms with Crippen molar-refractivity contribution >= 4 is 11.8 Å². The number of ether oxygens (including phenoxy) is 1. The number of aromatic nitrogens is 3. The Kier molecular flexibility index (Phi) is 5.49. The average Bonchev–Trinajstić information content (AvgIpc) is 2.99. The molecule has 1 fully saturated rings. The molecule has 8 heteroatoms. The molecule has 1 spiro atoms. The summed E-state index contributed by atoms with van der Waals surface area (Å²) in [6.45, 7) is 4.89. The molecule has 0 radical (unpaired) electrons. The normalized spacial score (nSPS) is 23.6. The van der Waals surface area contributed by atoms with E-state index >= 15 is 0 Å². The summed E-state index contributed by atoms with van der Waals surface area (Å²) in [4.78, 5) is 31.0. The summed E-state index contributed by atoms with van der Waals surface area (Å²) < 4.78 is 8.21. The first-order chi connectivity index (χ1) is 14.3. The Hall–Kier alpha value is -2.90. The van der Waals surface area contributed by atoms with Gasteiger partial charge in [0.1, 0.15) is 23.0 Å². The highest BCUT2D eigenvalue weighted by Crippen LogP contribution is 2.44. The smallest absolute Gasteiger partial charge is 0.222 e. The molecule has 2 amide bonds. The van der Waals surface area contributed by atoms with Crippen LogP contribution in [0.3, 0.4) is 0 Å². The summed E-state index contributed by atoms with van der Waals surface area (Å²) in [5.74, 6) is 2.44. The number of nitrogens with zero attached hydrogens (tertiary/aromatic N) is 4. The Morgan fingerprint density at radius 3 is 2.87 bits per heavy atom. The second-order valence-electron chi connectivity index (χ2n) is 8.39. The predicted molar refractivity (Wildman–Crippen MR) is 111 cm³/mol. The summed E-state index contributed by atoms with van der Waals surface area (Å²) in [6, 6.07) is 7.73. The van der Waals surface area contributed by atoms with Crippen LogP contribution in [-0.2, 0) is 16.1 Å². The van der Waals surface area contributed by atoms with Crippen LogP contribution in [0, 0.1) is 13.8 Å². The summed E-state index contributed by atoms with van der Waals surface area (Å²) >= 11 is 0. The van der Waals surface area contributed by atoms with Crippen LogP contribution in [-0.4, -0.2) is 50.7 Å². The molecule has 1 aromatic carbocycles. The van der Waals surface area contributed by atoms with Gasteiger partial charge in [-0.15, -0.1) is 0 Å². The maximum Gasteiger partial charge on any atom is 0.222 e. The largest absolute Gasteiger partial charge is 0.487 e. The van der Waals surface area contributed by atoms with E-state index in [-0.39, 0.29) is 17.9 Å². The van der Waals surface area contributed by atoms with E-state index in [4.69, 9.17) is 4.74 Å². The Morgan fingerprint density at radius 1 is 1.30 bits per heavy atom. The Morgan fingerprint density at radius 2 is 2.10 bits per heavy atom. The van der Waals surface area contributed by atoms with E-state index in [9.17, 15) is 9.59 Å². The van der Waals surface area contributed by atoms with E-state index in [0.29, 0.717) is 44.6 Å². The summed E-state index contributed by atoms with van der Waals surface area (Å²) in [5, 5.41) is 7.53. The lowest BCUT2D eigenvalue weighted by Gasteiger charge is -2.42. The van der Waals surface area contributed by atoms with Crippen molar-refractivity contribution in [1.82, 2.24) is 25.0 Å². The molecule has 0 bridgehead atoms. The van der Waals surface area contributed by atoms with Gasteiger partial charge in [-0.2, -0.15) is 5.10 Å². The number of fused-ring (bicyclic) bond motifs is 1. The van der Waals surface area contributed by atoms with Gasteiger partial charge in [0.2, 0.25) is 11.8 Å². The molecular formula is C22H29N5O3. The topological polar surface area (TPSA) is 89.4 Å². The number of rotatable bonds is 4. The van der Waals surface area contributed by atoms with Crippen molar-refractivity contribution < 1.29 is 14.3 Å². The average molecular weight is 412 g/mol. The molecular weight excluding hydrogens is 382 g/mol. The number of benzene rings is 1. The lowest BCUT2D eigenvalue weighted by molar-refractivity contribution is -0.129. The summed E-state index contributed by atoms with van der Waals surface area (Å²) in [6.07, 6.45) is 2.88. The lowest BCUT2D eigenvalue weighted by atomic mass is 9.82. The fraction of sp³-hybridized carbons (Fsp3) is 0.545. The van der Waals surface area contributed by atoms with Crippen LogP contribution in [0.15, 0.2) is 24.3 Å². The summed E-state index contributed by atoms with van der Waals surface area (Å²) in [5.41, 5.74) is 0.556. The number of para-hydroxylation sites is 1. The standard InChI is InChI=1S/C22H29N5O3/c1-15-23-16(2)27(25-15)12-9-20(28)24-18-14-22(10-8-21(29)26(3)13-11-22)30-19-7-5-4-6-17(18)19/h4-7,18H,8-14H2,1-3H3,(H,24,28). The Labute approximate surface area is 176 Å². The second-order valence-corrected chi connectivity index (χ2v) is 8.39. The molecule has 1 aromatic heterocycles. The van der Waals surface area contributed by atoms with Crippen LogP contribution < -0.4 is 10.1 Å². The second kappa shape index (κ2) is 8.08. The molecule has 30 heavy (non-hydrogen) atoms. The third-order valence-corrected chi connectivity index (χ3v) is 6.17. The number of carbonyl (C=O) groups is 2. The maximum absolute atomic E-state index is 12.8. The molecule has 2 aliphatic rings. The third kappa shape index (κ3) is 4.17. The van der Waals surface area contributed by atoms with E-state index < -0.39 is 5.60 Å². The van der Waals surface area contributed by atoms with Gasteiger partial charge in [-0.3, -0.25) is 9.59 Å². The lowest BCUT2D eigenvalue weighted by Crippen LogP contribution is -2.46. The minimum Gasteiger partial charge on any atom is -0.487 e. The van der Waals surface area contributed by atoms with Gasteiger partial charge in [-0.05, 0) is 26.3 Å². The zero-order valence-electron chi connectivity index (χ0n) is 17.9. The minimum atomic E-state index is -0.438. The van der Waals surface area contributed by atoms with Gasteiger partial charge in [0.15, 0.2) is 0 Å². The number of likely N-dealkylation sites (tertiary alicyclic amines) is 1. The fourth-order valence-electron chi connectivity index (χ4n) is 4.45. The number of hydrogen-bond acceptors (Lipinski definition) is 5. The molecule has 2 aromatic rings. The molecule has 0 aliphatic carbocycles. The number of nitrogens with one attached hydrogen (secondary N) is 1. The molecule has 2 aliphatic heterocycles. The monoisotopic (exact) mass is 411 g/mol. The zero-order valence-corrected chi connectivity index (χ0v) is 17.9. The first-order valence-corrected chi connectivity index (χ1v) is 10.5. The van der Waals surface area contributed by atoms with Crippen molar-refractivity contribution in [2.24, 2.45) is 0 Å². The van der Waals surface area contributed by atoms with Crippen LogP contribution in [0.25, 0.3) is 0 Å². The summed E-state index contributed by atoms with van der Waals surface area (Å²) in [7, 11) is 1.84. The molecule has 2 atom stereocenters. The van der Waals surface area contributed by atoms with E-state index in [2.05, 4.69) is 15.4 Å². The van der Waals surface area contributed by atoms with Crippen molar-refractivity contribution in [2.75, 3.05) is 13.6 Å². The molecule has 160 valence electrons. The van der Waals surface area contributed by atoms with Crippen LogP contribution in [0.1, 0.15) is 55.4 Å². The van der Waals surface area contributed by atoms with Crippen LogP contribution in [0.5, 0.6) is 5.75 Å². The quantitative estimate of drug-likeness (QED) is 0.834. The minimum absolute atomic E-state index is 0.0266. The molecule has 1 N–H and O–H groups in total. The number of carbonyl (C=O) groups excluding carboxylic acids is 2. The van der Waals surface area contributed by atoms with Crippen LogP contribution >= 0.6 is 0 Å². The van der Waals surface area contributed by atoms with Crippen molar-refractivity contribution in [1.29, 1.82) is 0 Å². The SMILES string of the molecule is Cc1nc(C)n(CCC(=O)NC2CC3(CCC(=O)N(C)CC3)Oc3ccccc32)n1. The van der Waals surface area contributed by atoms with E-state index in [1.54, 1.807) is 9.58 Å². The van der Waals surface area contributed by atoms with E-state index in [1.807, 2.05) is 45.2 Å². The van der Waals surface area contributed by atoms with Crippen molar-refractivity contribution in [2.45, 2.75) is 64.1 Å². The maximum atomic E-state index is 12.8. The molecule has 3 heterocycles. The zero-order chi connectivity index (χ0) is 21.3. The van der Waals surface area contributed by atoms with Gasteiger partial charge in [-0.1, -0.05) is 18.2 Å². The highest BCUT2D eigenvalue weighted by atomic mass is 16.5. The van der Waals surface area contributed by atoms with Crippen molar-refractivity contribution in [3.8, 4) is 5.75 Å². The van der Waals surface area contributed by atoms with Crippen molar-refractivity contribution in [3.05, 3.63) is 41.5 Å².